The van der Waals surface area contributed by atoms with Crippen LogP contribution in [0.2, 0.25) is 19.6 Å². The topological polar surface area (TPSA) is 128 Å². The molecule has 0 bridgehead atoms. The molecule has 4 rings (SSSR count). The maximum Gasteiger partial charge on any atom is 0.306 e. The summed E-state index contributed by atoms with van der Waals surface area (Å²) in [6.07, 6.45) is 8.80. The molecule has 0 spiro atoms. The first kappa shape index (κ1) is 28.2. The standard InChI is InChI=1S/C27H38N5O5Si/c1-5-6-11-24(33)31-26-21-12-13-22(32(21)30-18-29-26)27(17-28)23(37-38(2,3)4)15-20(36-27)16-35-25(34)14-19-9-7-8-10-19/h12-13,15,18-20,23H,5-11,14,16H2,1-4H3,(H,29,30,31,33)/t20-,23-,27+/m1/s1. The number of nitrogens with one attached hydrogen (secondary N) is 1. The number of carbonyl (C=O) groups is 2. The summed E-state index contributed by atoms with van der Waals surface area (Å²) in [6, 6.07) is 5.85. The van der Waals surface area contributed by atoms with Gasteiger partial charge in [-0.05, 0) is 57.0 Å². The molecule has 2 fully saturated rings. The van der Waals surface area contributed by atoms with E-state index in [4.69, 9.17) is 13.9 Å². The van der Waals surface area contributed by atoms with Crippen molar-refractivity contribution in [3.63, 3.8) is 0 Å². The summed E-state index contributed by atoms with van der Waals surface area (Å²) in [5, 5.41) is 17.7. The van der Waals surface area contributed by atoms with E-state index in [0.29, 0.717) is 35.8 Å². The lowest BCUT2D eigenvalue weighted by molar-refractivity contribution is -0.149. The Balaban J connectivity index is 1.58. The van der Waals surface area contributed by atoms with Crippen LogP contribution in [0, 0.1) is 23.7 Å². The van der Waals surface area contributed by atoms with Gasteiger partial charge in [0.1, 0.15) is 30.6 Å². The third-order valence-electron chi connectivity index (χ3n) is 6.96. The van der Waals surface area contributed by atoms with Gasteiger partial charge in [0.2, 0.25) is 11.5 Å². The highest BCUT2D eigenvalue weighted by atomic mass is 28.4. The third-order valence-corrected chi connectivity index (χ3v) is 7.92. The number of aromatic nitrogens is 3. The summed E-state index contributed by atoms with van der Waals surface area (Å²) in [4.78, 5) is 29.1. The molecule has 38 heavy (non-hydrogen) atoms. The molecule has 0 unspecified atom stereocenters. The Bertz CT molecular complexity index is 1180. The summed E-state index contributed by atoms with van der Waals surface area (Å²) < 4.78 is 19.9. The second-order valence-electron chi connectivity index (χ2n) is 11.2. The average molecular weight is 541 g/mol. The van der Waals surface area contributed by atoms with Crippen LogP contribution in [0.1, 0.15) is 64.0 Å². The SMILES string of the molecule is CCCCC(=O)Nc1ncnn2c([C@]3(C#N)O[C@@H](COC(=O)CC4CCCC4)[CH][C@H]3O[Si](C)(C)C)ccc12. The first-order chi connectivity index (χ1) is 18.1. The number of esters is 1. The number of nitrogens with zero attached hydrogens (tertiary/aromatic N) is 4. The van der Waals surface area contributed by atoms with Crippen LogP contribution in [0.5, 0.6) is 0 Å². The minimum Gasteiger partial charge on any atom is -0.463 e. The van der Waals surface area contributed by atoms with Gasteiger partial charge in [-0.2, -0.15) is 10.4 Å². The first-order valence-electron chi connectivity index (χ1n) is 13.6. The van der Waals surface area contributed by atoms with Crippen molar-refractivity contribution in [1.29, 1.82) is 5.26 Å². The normalized spacial score (nSPS) is 24.0. The molecule has 2 aromatic heterocycles. The molecule has 1 aliphatic heterocycles. The monoisotopic (exact) mass is 540 g/mol. The van der Waals surface area contributed by atoms with E-state index in [2.05, 4.69) is 21.5 Å². The molecule has 11 heteroatoms. The van der Waals surface area contributed by atoms with Gasteiger partial charge >= 0.3 is 5.97 Å². The highest BCUT2D eigenvalue weighted by Gasteiger charge is 2.55. The number of hydrogen-bond acceptors (Lipinski definition) is 8. The summed E-state index contributed by atoms with van der Waals surface area (Å²) >= 11 is 0. The minimum atomic E-state index is -2.12. The van der Waals surface area contributed by atoms with Gasteiger partial charge in [-0.15, -0.1) is 0 Å². The Morgan fingerprint density at radius 3 is 2.74 bits per heavy atom. The summed E-state index contributed by atoms with van der Waals surface area (Å²) in [6.45, 7) is 8.16. The van der Waals surface area contributed by atoms with Gasteiger partial charge < -0.3 is 19.2 Å². The Morgan fingerprint density at radius 1 is 1.29 bits per heavy atom. The molecule has 0 aromatic carbocycles. The van der Waals surface area contributed by atoms with Crippen LogP contribution in [0.25, 0.3) is 5.52 Å². The van der Waals surface area contributed by atoms with Crippen LogP contribution in [0.3, 0.4) is 0 Å². The second-order valence-corrected chi connectivity index (χ2v) is 15.6. The fourth-order valence-electron chi connectivity index (χ4n) is 5.15. The van der Waals surface area contributed by atoms with Crippen LogP contribution in [0.4, 0.5) is 5.82 Å². The molecule has 1 saturated carbocycles. The number of rotatable bonds is 11. The van der Waals surface area contributed by atoms with E-state index in [1.165, 1.54) is 6.33 Å². The van der Waals surface area contributed by atoms with E-state index < -0.39 is 26.1 Å². The van der Waals surface area contributed by atoms with Gasteiger partial charge in [-0.1, -0.05) is 26.2 Å². The maximum absolute atomic E-state index is 12.5. The van der Waals surface area contributed by atoms with Crippen molar-refractivity contribution >= 4 is 31.5 Å². The predicted octanol–water partition coefficient (Wildman–Crippen LogP) is 4.52. The van der Waals surface area contributed by atoms with Crippen LogP contribution >= 0.6 is 0 Å². The molecule has 1 aliphatic carbocycles. The lowest BCUT2D eigenvalue weighted by Gasteiger charge is -2.31. The number of ether oxygens (including phenoxy) is 2. The van der Waals surface area contributed by atoms with Crippen molar-refractivity contribution in [2.24, 2.45) is 5.92 Å². The fraction of sp³-hybridized carbons (Fsp3) is 0.630. The van der Waals surface area contributed by atoms with Crippen molar-refractivity contribution in [3.8, 4) is 6.07 Å². The molecular weight excluding hydrogens is 502 g/mol. The van der Waals surface area contributed by atoms with E-state index in [1.807, 2.05) is 33.0 Å². The van der Waals surface area contributed by atoms with E-state index >= 15 is 0 Å². The minimum absolute atomic E-state index is 0.0115. The first-order valence-corrected chi connectivity index (χ1v) is 17.0. The molecule has 1 radical (unpaired) electrons. The number of hydrogen-bond donors (Lipinski definition) is 1. The van der Waals surface area contributed by atoms with Crippen LogP contribution < -0.4 is 5.32 Å². The Hall–Kier alpha value is -2.81. The average Bonchev–Trinajstić information content (AvgIpc) is 3.60. The molecule has 3 atom stereocenters. The van der Waals surface area contributed by atoms with E-state index in [1.54, 1.807) is 16.6 Å². The highest BCUT2D eigenvalue weighted by Crippen LogP contribution is 2.42. The summed E-state index contributed by atoms with van der Waals surface area (Å²) in [7, 11) is -2.12. The van der Waals surface area contributed by atoms with Gasteiger partial charge in [0.25, 0.3) is 0 Å². The number of amides is 1. The van der Waals surface area contributed by atoms with E-state index in [0.717, 1.165) is 38.5 Å². The maximum atomic E-state index is 12.5. The number of fused-ring (bicyclic) bond motifs is 1. The Kier molecular flexibility index (Phi) is 8.85. The largest absolute Gasteiger partial charge is 0.463 e. The summed E-state index contributed by atoms with van der Waals surface area (Å²) in [5.41, 5.74) is -0.517. The molecule has 1 amide bonds. The van der Waals surface area contributed by atoms with E-state index in [9.17, 15) is 14.9 Å². The zero-order chi connectivity index (χ0) is 27.3. The number of unbranched alkanes of at least 4 members (excludes halogenated alkanes) is 1. The Morgan fingerprint density at radius 2 is 2.05 bits per heavy atom. The van der Waals surface area contributed by atoms with Gasteiger partial charge in [-0.25, -0.2) is 9.50 Å². The molecule has 2 aliphatic rings. The molecule has 1 N–H and O–H groups in total. The van der Waals surface area contributed by atoms with Crippen LogP contribution in [-0.4, -0.2) is 53.6 Å². The molecule has 1 saturated heterocycles. The lowest BCUT2D eigenvalue weighted by atomic mass is 9.94. The second kappa shape index (κ2) is 11.9. The van der Waals surface area contributed by atoms with Crippen molar-refractivity contribution in [2.45, 2.75) is 95.7 Å². The third kappa shape index (κ3) is 6.42. The van der Waals surface area contributed by atoms with Crippen molar-refractivity contribution in [2.75, 3.05) is 11.9 Å². The zero-order valence-electron chi connectivity index (χ0n) is 22.7. The molecule has 10 nitrogen and oxygen atoms in total. The molecule has 3 heterocycles. The number of carbonyl (C=O) groups excluding carboxylic acids is 2. The lowest BCUT2D eigenvalue weighted by Crippen LogP contribution is -2.44. The van der Waals surface area contributed by atoms with Crippen molar-refractivity contribution in [3.05, 3.63) is 30.6 Å². The molecular formula is C27H38N5O5Si. The highest BCUT2D eigenvalue weighted by molar-refractivity contribution is 6.69. The fourth-order valence-corrected chi connectivity index (χ4v) is 6.16. The molecule has 2 aromatic rings. The Labute approximate surface area is 225 Å². The summed E-state index contributed by atoms with van der Waals surface area (Å²) in [5.74, 6) is 0.383. The zero-order valence-corrected chi connectivity index (χ0v) is 23.7. The van der Waals surface area contributed by atoms with Gasteiger partial charge in [0, 0.05) is 19.3 Å². The van der Waals surface area contributed by atoms with Crippen molar-refractivity contribution < 1.29 is 23.5 Å². The van der Waals surface area contributed by atoms with Crippen LogP contribution in [0.15, 0.2) is 18.5 Å². The number of nitriles is 1. The molecule has 205 valence electrons. The van der Waals surface area contributed by atoms with Crippen molar-refractivity contribution in [1.82, 2.24) is 14.6 Å². The van der Waals surface area contributed by atoms with Gasteiger partial charge in [0.15, 0.2) is 14.1 Å². The number of anilines is 1. The van der Waals surface area contributed by atoms with Gasteiger partial charge in [0.05, 0.1) is 11.8 Å². The van der Waals surface area contributed by atoms with Crippen LogP contribution in [-0.2, 0) is 29.1 Å². The predicted molar refractivity (Wildman–Crippen MR) is 143 cm³/mol. The smallest absolute Gasteiger partial charge is 0.306 e. The van der Waals surface area contributed by atoms with Gasteiger partial charge in [-0.3, -0.25) is 9.59 Å². The quantitative estimate of drug-likeness (QED) is 0.325. The van der Waals surface area contributed by atoms with E-state index in [-0.39, 0.29) is 18.5 Å².